The van der Waals surface area contributed by atoms with Crippen LogP contribution in [0.1, 0.15) is 22.6 Å². The molecule has 0 aromatic heterocycles. The van der Waals surface area contributed by atoms with Gasteiger partial charge in [-0.25, -0.2) is 0 Å². The Labute approximate surface area is 122 Å². The Morgan fingerprint density at radius 1 is 0.571 bits per heavy atom. The number of aromatic hydroxyl groups is 2. The minimum Gasteiger partial charge on any atom is -0.507 e. The molecule has 3 aromatic rings. The van der Waals surface area contributed by atoms with E-state index in [0.717, 1.165) is 11.1 Å². The van der Waals surface area contributed by atoms with E-state index in [1.54, 1.807) is 18.2 Å². The molecule has 0 unspecified atom stereocenters. The van der Waals surface area contributed by atoms with Gasteiger partial charge in [0.25, 0.3) is 0 Å². The summed E-state index contributed by atoms with van der Waals surface area (Å²) in [5.41, 5.74) is 5.16. The molecule has 0 bridgehead atoms. The standard InChI is InChI=1S/C19H14O2/c20-16-10-5-11-17(21)19(16)18-14-8-3-1-6-12(14)13-7-2-4-9-15(13)18/h1-11,18,20-21H. The second-order valence-corrected chi connectivity index (χ2v) is 5.32. The molecule has 2 nitrogen and oxygen atoms in total. The Kier molecular flexibility index (Phi) is 2.51. The molecule has 0 aliphatic heterocycles. The first-order valence-corrected chi connectivity index (χ1v) is 6.96. The zero-order chi connectivity index (χ0) is 14.4. The molecule has 102 valence electrons. The molecule has 4 rings (SSSR count). The van der Waals surface area contributed by atoms with Crippen LogP contribution in [0.5, 0.6) is 11.5 Å². The van der Waals surface area contributed by atoms with Crippen LogP contribution in [0.3, 0.4) is 0 Å². The minimum absolute atomic E-state index is 0.126. The summed E-state index contributed by atoms with van der Waals surface area (Å²) in [6.45, 7) is 0. The smallest absolute Gasteiger partial charge is 0.123 e. The van der Waals surface area contributed by atoms with Crippen molar-refractivity contribution in [3.05, 3.63) is 83.4 Å². The first kappa shape index (κ1) is 12.0. The van der Waals surface area contributed by atoms with Crippen LogP contribution in [-0.4, -0.2) is 10.2 Å². The fourth-order valence-electron chi connectivity index (χ4n) is 3.30. The summed E-state index contributed by atoms with van der Waals surface area (Å²) >= 11 is 0. The third-order valence-electron chi connectivity index (χ3n) is 4.18. The Morgan fingerprint density at radius 3 is 1.57 bits per heavy atom. The van der Waals surface area contributed by atoms with Crippen molar-refractivity contribution in [3.8, 4) is 22.6 Å². The van der Waals surface area contributed by atoms with Gasteiger partial charge in [0.2, 0.25) is 0 Å². The Bertz CT molecular complexity index is 771. The van der Waals surface area contributed by atoms with Crippen LogP contribution < -0.4 is 0 Å². The Morgan fingerprint density at radius 2 is 1.05 bits per heavy atom. The molecule has 21 heavy (non-hydrogen) atoms. The number of hydrogen-bond acceptors (Lipinski definition) is 2. The van der Waals surface area contributed by atoms with Gasteiger partial charge in [-0.2, -0.15) is 0 Å². The highest BCUT2D eigenvalue weighted by Gasteiger charge is 2.32. The number of benzene rings is 3. The lowest BCUT2D eigenvalue weighted by atomic mass is 9.88. The predicted molar refractivity (Wildman–Crippen MR) is 82.6 cm³/mol. The summed E-state index contributed by atoms with van der Waals surface area (Å²) in [7, 11) is 0. The number of phenolic OH excluding ortho intramolecular Hbond substituents is 2. The number of fused-ring (bicyclic) bond motifs is 3. The van der Waals surface area contributed by atoms with Gasteiger partial charge < -0.3 is 10.2 Å². The van der Waals surface area contributed by atoms with Crippen LogP contribution in [0.15, 0.2) is 66.7 Å². The molecule has 2 heteroatoms. The van der Waals surface area contributed by atoms with Crippen LogP contribution in [0, 0.1) is 0 Å². The van der Waals surface area contributed by atoms with Crippen molar-refractivity contribution in [3.63, 3.8) is 0 Å². The molecule has 0 saturated heterocycles. The lowest BCUT2D eigenvalue weighted by Crippen LogP contribution is -2.00. The molecule has 0 atom stereocenters. The fourth-order valence-corrected chi connectivity index (χ4v) is 3.30. The molecule has 0 fully saturated rings. The van der Waals surface area contributed by atoms with Crippen molar-refractivity contribution in [1.82, 2.24) is 0 Å². The predicted octanol–water partition coefficient (Wildman–Crippen LogP) is 4.26. The molecule has 0 spiro atoms. The van der Waals surface area contributed by atoms with E-state index in [-0.39, 0.29) is 17.4 Å². The van der Waals surface area contributed by atoms with Crippen LogP contribution in [0.2, 0.25) is 0 Å². The third kappa shape index (κ3) is 1.66. The van der Waals surface area contributed by atoms with Crippen LogP contribution in [0.25, 0.3) is 11.1 Å². The highest BCUT2D eigenvalue weighted by molar-refractivity contribution is 5.81. The molecular weight excluding hydrogens is 260 g/mol. The zero-order valence-electron chi connectivity index (χ0n) is 11.3. The summed E-state index contributed by atoms with van der Waals surface area (Å²) in [5, 5.41) is 20.5. The molecule has 0 saturated carbocycles. The minimum atomic E-state index is -0.126. The average molecular weight is 274 g/mol. The Balaban J connectivity index is 2.06. The summed E-state index contributed by atoms with van der Waals surface area (Å²) in [5.74, 6) is 0.136. The van der Waals surface area contributed by atoms with E-state index in [0.29, 0.717) is 5.56 Å². The number of rotatable bonds is 1. The normalized spacial score (nSPS) is 13.0. The third-order valence-corrected chi connectivity index (χ3v) is 4.18. The fraction of sp³-hybridized carbons (Fsp3) is 0.0526. The van der Waals surface area contributed by atoms with E-state index in [2.05, 4.69) is 24.3 Å². The SMILES string of the molecule is Oc1cccc(O)c1C1c2ccccc2-c2ccccc21. The molecule has 0 radical (unpaired) electrons. The zero-order valence-corrected chi connectivity index (χ0v) is 11.3. The number of hydrogen-bond donors (Lipinski definition) is 2. The van der Waals surface area contributed by atoms with Crippen molar-refractivity contribution in [2.45, 2.75) is 5.92 Å². The van der Waals surface area contributed by atoms with Gasteiger partial charge >= 0.3 is 0 Å². The van der Waals surface area contributed by atoms with E-state index in [9.17, 15) is 10.2 Å². The maximum atomic E-state index is 10.2. The largest absolute Gasteiger partial charge is 0.507 e. The quantitative estimate of drug-likeness (QED) is 0.544. The molecule has 2 N–H and O–H groups in total. The van der Waals surface area contributed by atoms with Gasteiger partial charge in [-0.15, -0.1) is 0 Å². The summed E-state index contributed by atoms with van der Waals surface area (Å²) in [6.07, 6.45) is 0. The lowest BCUT2D eigenvalue weighted by molar-refractivity contribution is 0.437. The van der Waals surface area contributed by atoms with Gasteiger partial charge in [-0.05, 0) is 34.4 Å². The summed E-state index contributed by atoms with van der Waals surface area (Å²) in [6, 6.07) is 21.2. The van der Waals surface area contributed by atoms with Gasteiger partial charge in [-0.3, -0.25) is 0 Å². The van der Waals surface area contributed by atoms with Gasteiger partial charge in [0.1, 0.15) is 11.5 Å². The van der Waals surface area contributed by atoms with Gasteiger partial charge in [-0.1, -0.05) is 54.6 Å². The van der Waals surface area contributed by atoms with Crippen molar-refractivity contribution >= 4 is 0 Å². The van der Waals surface area contributed by atoms with Crippen molar-refractivity contribution in [2.75, 3.05) is 0 Å². The van der Waals surface area contributed by atoms with Gasteiger partial charge in [0.05, 0.1) is 0 Å². The first-order valence-electron chi connectivity index (χ1n) is 6.96. The maximum Gasteiger partial charge on any atom is 0.123 e. The monoisotopic (exact) mass is 274 g/mol. The molecule has 1 aliphatic rings. The first-order chi connectivity index (χ1) is 10.3. The molecule has 1 aliphatic carbocycles. The molecule has 0 heterocycles. The van der Waals surface area contributed by atoms with Gasteiger partial charge in [0, 0.05) is 11.5 Å². The van der Waals surface area contributed by atoms with E-state index < -0.39 is 0 Å². The molecule has 3 aromatic carbocycles. The van der Waals surface area contributed by atoms with Crippen LogP contribution >= 0.6 is 0 Å². The summed E-state index contributed by atoms with van der Waals surface area (Å²) < 4.78 is 0. The van der Waals surface area contributed by atoms with E-state index >= 15 is 0 Å². The van der Waals surface area contributed by atoms with Crippen molar-refractivity contribution < 1.29 is 10.2 Å². The second-order valence-electron chi connectivity index (χ2n) is 5.32. The van der Waals surface area contributed by atoms with Crippen molar-refractivity contribution in [2.24, 2.45) is 0 Å². The second kappa shape index (κ2) is 4.38. The topological polar surface area (TPSA) is 40.5 Å². The molecular formula is C19H14O2. The van der Waals surface area contributed by atoms with Gasteiger partial charge in [0.15, 0.2) is 0 Å². The summed E-state index contributed by atoms with van der Waals surface area (Å²) in [4.78, 5) is 0. The highest BCUT2D eigenvalue weighted by atomic mass is 16.3. The molecule has 0 amide bonds. The Hall–Kier alpha value is -2.74. The highest BCUT2D eigenvalue weighted by Crippen LogP contribution is 2.51. The van der Waals surface area contributed by atoms with Crippen molar-refractivity contribution in [1.29, 1.82) is 0 Å². The maximum absolute atomic E-state index is 10.2. The van der Waals surface area contributed by atoms with E-state index in [1.807, 2.05) is 24.3 Å². The average Bonchev–Trinajstić information content (AvgIpc) is 2.83. The van der Waals surface area contributed by atoms with Crippen LogP contribution in [0.4, 0.5) is 0 Å². The number of phenols is 2. The van der Waals surface area contributed by atoms with E-state index in [4.69, 9.17) is 0 Å². The van der Waals surface area contributed by atoms with Crippen LogP contribution in [-0.2, 0) is 0 Å². The lowest BCUT2D eigenvalue weighted by Gasteiger charge is -2.17. The van der Waals surface area contributed by atoms with E-state index in [1.165, 1.54) is 11.1 Å².